The van der Waals surface area contributed by atoms with Gasteiger partial charge in [0.2, 0.25) is 0 Å². The number of amides is 1. The summed E-state index contributed by atoms with van der Waals surface area (Å²) < 4.78 is 0. The number of benzene rings is 2. The summed E-state index contributed by atoms with van der Waals surface area (Å²) in [6.45, 7) is 1.97. The second kappa shape index (κ2) is 7.25. The summed E-state index contributed by atoms with van der Waals surface area (Å²) in [5.74, 6) is 0.410. The summed E-state index contributed by atoms with van der Waals surface area (Å²) in [5, 5.41) is 12.1. The van der Waals surface area contributed by atoms with Crippen molar-refractivity contribution in [1.82, 2.24) is 0 Å². The first-order chi connectivity index (χ1) is 12.0. The SMILES string of the molecule is C[C@@H]1CSC(N(C(=O)c2cccc([N+](=O)[O-])c2)c2ccc(Cl)cc2)=N1. The largest absolute Gasteiger partial charge is 0.270 e. The van der Waals surface area contributed by atoms with Gasteiger partial charge in [0.05, 0.1) is 16.7 Å². The van der Waals surface area contributed by atoms with E-state index in [1.807, 2.05) is 6.92 Å². The summed E-state index contributed by atoms with van der Waals surface area (Å²) in [4.78, 5) is 29.5. The van der Waals surface area contributed by atoms with Crippen LogP contribution in [0.1, 0.15) is 17.3 Å². The van der Waals surface area contributed by atoms with E-state index in [0.717, 1.165) is 5.75 Å². The third kappa shape index (κ3) is 3.83. The van der Waals surface area contributed by atoms with E-state index in [2.05, 4.69) is 4.99 Å². The number of thioether (sulfide) groups is 1. The van der Waals surface area contributed by atoms with Crippen LogP contribution in [0.4, 0.5) is 11.4 Å². The number of rotatable bonds is 3. The molecule has 3 rings (SSSR count). The van der Waals surface area contributed by atoms with E-state index in [-0.39, 0.29) is 23.2 Å². The molecule has 1 atom stereocenters. The van der Waals surface area contributed by atoms with Crippen molar-refractivity contribution in [2.75, 3.05) is 10.7 Å². The van der Waals surface area contributed by atoms with Gasteiger partial charge >= 0.3 is 0 Å². The van der Waals surface area contributed by atoms with Gasteiger partial charge in [0.15, 0.2) is 5.17 Å². The third-order valence-corrected chi connectivity index (χ3v) is 5.01. The lowest BCUT2D eigenvalue weighted by molar-refractivity contribution is -0.384. The van der Waals surface area contributed by atoms with Crippen LogP contribution in [0.3, 0.4) is 0 Å². The summed E-state index contributed by atoms with van der Waals surface area (Å²) in [6.07, 6.45) is 0. The summed E-state index contributed by atoms with van der Waals surface area (Å²) in [6, 6.07) is 12.6. The molecular weight excluding hydrogens is 362 g/mol. The fourth-order valence-electron chi connectivity index (χ4n) is 2.37. The molecule has 1 aliphatic heterocycles. The van der Waals surface area contributed by atoms with E-state index >= 15 is 0 Å². The summed E-state index contributed by atoms with van der Waals surface area (Å²) >= 11 is 7.42. The van der Waals surface area contributed by atoms with Gasteiger partial charge in [-0.15, -0.1) is 0 Å². The van der Waals surface area contributed by atoms with Crippen molar-refractivity contribution < 1.29 is 9.72 Å². The molecule has 0 aromatic heterocycles. The first-order valence-electron chi connectivity index (χ1n) is 7.51. The van der Waals surface area contributed by atoms with Gasteiger partial charge in [0.25, 0.3) is 11.6 Å². The number of hydrogen-bond acceptors (Lipinski definition) is 5. The number of amidine groups is 1. The molecule has 0 spiro atoms. The monoisotopic (exact) mass is 375 g/mol. The van der Waals surface area contributed by atoms with Crippen molar-refractivity contribution in [3.63, 3.8) is 0 Å². The number of aliphatic imine (C=N–C) groups is 1. The van der Waals surface area contributed by atoms with Crippen LogP contribution in [-0.4, -0.2) is 27.8 Å². The number of anilines is 1. The first-order valence-corrected chi connectivity index (χ1v) is 8.87. The van der Waals surface area contributed by atoms with Crippen LogP contribution in [0.2, 0.25) is 5.02 Å². The fraction of sp³-hybridized carbons (Fsp3) is 0.176. The lowest BCUT2D eigenvalue weighted by atomic mass is 10.1. The van der Waals surface area contributed by atoms with Crippen molar-refractivity contribution in [3.8, 4) is 0 Å². The molecule has 2 aromatic carbocycles. The highest BCUT2D eigenvalue weighted by atomic mass is 35.5. The number of nitro groups is 1. The minimum absolute atomic E-state index is 0.104. The molecular formula is C17H14ClN3O3S. The Bertz CT molecular complexity index is 854. The number of carbonyl (C=O) groups is 1. The number of nitrogens with zero attached hydrogens (tertiary/aromatic N) is 3. The zero-order valence-electron chi connectivity index (χ0n) is 13.3. The molecule has 128 valence electrons. The van der Waals surface area contributed by atoms with E-state index in [1.165, 1.54) is 34.9 Å². The quantitative estimate of drug-likeness (QED) is 0.589. The average molecular weight is 376 g/mol. The molecule has 0 saturated heterocycles. The topological polar surface area (TPSA) is 75.8 Å². The second-order valence-corrected chi connectivity index (χ2v) is 6.92. The molecule has 0 saturated carbocycles. The Balaban J connectivity index is 2.03. The number of nitro benzene ring substituents is 1. The predicted octanol–water partition coefficient (Wildman–Crippen LogP) is 4.39. The van der Waals surface area contributed by atoms with Gasteiger partial charge in [-0.2, -0.15) is 0 Å². The Morgan fingerprint density at radius 2 is 2.04 bits per heavy atom. The smallest absolute Gasteiger partial charge is 0.268 e. The zero-order chi connectivity index (χ0) is 18.0. The van der Waals surface area contributed by atoms with Gasteiger partial charge in [0.1, 0.15) is 0 Å². The van der Waals surface area contributed by atoms with Crippen molar-refractivity contribution in [2.45, 2.75) is 13.0 Å². The van der Waals surface area contributed by atoms with Gasteiger partial charge < -0.3 is 0 Å². The van der Waals surface area contributed by atoms with Crippen molar-refractivity contribution in [2.24, 2.45) is 4.99 Å². The van der Waals surface area contributed by atoms with Gasteiger partial charge in [-0.05, 0) is 37.3 Å². The summed E-state index contributed by atoms with van der Waals surface area (Å²) in [5.41, 5.74) is 0.713. The van der Waals surface area contributed by atoms with Gasteiger partial charge in [-0.3, -0.25) is 24.8 Å². The fourth-order valence-corrected chi connectivity index (χ4v) is 3.53. The first kappa shape index (κ1) is 17.4. The maximum absolute atomic E-state index is 13.1. The van der Waals surface area contributed by atoms with Crippen molar-refractivity contribution >= 4 is 45.8 Å². The molecule has 1 heterocycles. The van der Waals surface area contributed by atoms with Crippen molar-refractivity contribution in [3.05, 3.63) is 69.2 Å². The molecule has 0 unspecified atom stereocenters. The van der Waals surface area contributed by atoms with E-state index in [1.54, 1.807) is 30.3 Å². The normalized spacial score (nSPS) is 16.4. The average Bonchev–Trinajstić information content (AvgIpc) is 3.03. The van der Waals surface area contributed by atoms with E-state index < -0.39 is 4.92 Å². The van der Waals surface area contributed by atoms with Crippen LogP contribution < -0.4 is 4.90 Å². The molecule has 2 aromatic rings. The minimum atomic E-state index is -0.521. The van der Waals surface area contributed by atoms with Crippen molar-refractivity contribution in [1.29, 1.82) is 0 Å². The molecule has 0 bridgehead atoms. The Kier molecular flexibility index (Phi) is 5.06. The van der Waals surface area contributed by atoms with Crippen LogP contribution in [0, 0.1) is 10.1 Å². The van der Waals surface area contributed by atoms with Crippen LogP contribution >= 0.6 is 23.4 Å². The number of non-ortho nitro benzene ring substituents is 1. The molecule has 0 N–H and O–H groups in total. The number of hydrogen-bond donors (Lipinski definition) is 0. The summed E-state index contributed by atoms with van der Waals surface area (Å²) in [7, 11) is 0. The van der Waals surface area contributed by atoms with E-state index in [0.29, 0.717) is 15.9 Å². The number of carbonyl (C=O) groups excluding carboxylic acids is 1. The highest BCUT2D eigenvalue weighted by Gasteiger charge is 2.28. The molecule has 0 aliphatic carbocycles. The molecule has 0 radical (unpaired) electrons. The molecule has 6 nitrogen and oxygen atoms in total. The lowest BCUT2D eigenvalue weighted by Gasteiger charge is -2.22. The molecule has 25 heavy (non-hydrogen) atoms. The Labute approximate surface area is 153 Å². The van der Waals surface area contributed by atoms with Gasteiger partial charge in [-0.1, -0.05) is 29.4 Å². The third-order valence-electron chi connectivity index (χ3n) is 3.57. The molecule has 8 heteroatoms. The lowest BCUT2D eigenvalue weighted by Crippen LogP contribution is -2.34. The maximum Gasteiger partial charge on any atom is 0.270 e. The zero-order valence-corrected chi connectivity index (χ0v) is 14.8. The predicted molar refractivity (Wildman–Crippen MR) is 101 cm³/mol. The Morgan fingerprint density at radius 3 is 2.64 bits per heavy atom. The molecule has 1 aliphatic rings. The standard InChI is InChI=1S/C17H14ClN3O3S/c1-11-10-25-17(19-11)20(14-7-5-13(18)6-8-14)16(22)12-3-2-4-15(9-12)21(23)24/h2-9,11H,10H2,1H3/t11-/m1/s1. The van der Waals surface area contributed by atoms with E-state index in [4.69, 9.17) is 11.6 Å². The van der Waals surface area contributed by atoms with Gasteiger partial charge in [-0.25, -0.2) is 0 Å². The van der Waals surface area contributed by atoms with Crippen LogP contribution in [0.5, 0.6) is 0 Å². The van der Waals surface area contributed by atoms with E-state index in [9.17, 15) is 14.9 Å². The highest BCUT2D eigenvalue weighted by molar-refractivity contribution is 8.14. The Morgan fingerprint density at radius 1 is 1.32 bits per heavy atom. The molecule has 0 fully saturated rings. The van der Waals surface area contributed by atoms with Gasteiger partial charge in [0, 0.05) is 28.5 Å². The highest BCUT2D eigenvalue weighted by Crippen LogP contribution is 2.29. The van der Waals surface area contributed by atoms with Crippen LogP contribution in [0.25, 0.3) is 0 Å². The second-order valence-electron chi connectivity index (χ2n) is 5.50. The van der Waals surface area contributed by atoms with Crippen LogP contribution in [0.15, 0.2) is 53.5 Å². The number of halogens is 1. The maximum atomic E-state index is 13.1. The minimum Gasteiger partial charge on any atom is -0.268 e. The van der Waals surface area contributed by atoms with Crippen LogP contribution in [-0.2, 0) is 0 Å². The molecule has 1 amide bonds. The Hall–Kier alpha value is -2.38.